The van der Waals surface area contributed by atoms with Crippen molar-refractivity contribution in [3.8, 4) is 40.0 Å². The first kappa shape index (κ1) is 51.5. The van der Waals surface area contributed by atoms with Crippen molar-refractivity contribution >= 4 is 34.9 Å². The van der Waals surface area contributed by atoms with Gasteiger partial charge in [-0.15, -0.1) is 0 Å². The lowest BCUT2D eigenvalue weighted by Crippen LogP contribution is -2.46. The van der Waals surface area contributed by atoms with Crippen molar-refractivity contribution in [1.29, 1.82) is 5.26 Å². The number of anilines is 1. The molecule has 15 heteroatoms. The zero-order valence-corrected chi connectivity index (χ0v) is 39.7. The molecule has 0 aliphatic carbocycles. The molecule has 5 rings (SSSR count). The second kappa shape index (κ2) is 23.3. The van der Waals surface area contributed by atoms with E-state index in [9.17, 15) is 29.2 Å². The summed E-state index contributed by atoms with van der Waals surface area (Å²) in [5.41, 5.74) is 30.2. The second-order valence-corrected chi connectivity index (χ2v) is 18.2. The van der Waals surface area contributed by atoms with Gasteiger partial charge in [-0.25, -0.2) is 0 Å². The van der Waals surface area contributed by atoms with Crippen LogP contribution in [0.3, 0.4) is 0 Å². The molecule has 356 valence electrons. The minimum absolute atomic E-state index is 0.0347. The SMILES string of the molecule is CCc1nc(-c2ccc(C(C)(C)C)cc2)cc(N)c1C(=O)C[C@@H](CCN)C(=O)N(C)[C@@H]1C(=O)C[C@@H](C)C(=O)N[C@H](C(=O)CCC#N)Cc2ccc(OCCN)c(c2)-c2cc1ccc2OCCN. The molecule has 0 fully saturated rings. The van der Waals surface area contributed by atoms with Gasteiger partial charge in [-0.1, -0.05) is 71.0 Å². The summed E-state index contributed by atoms with van der Waals surface area (Å²) in [5.74, 6) is -3.29. The molecule has 4 atom stereocenters. The topological polar surface area (TPSA) is 260 Å². The predicted octanol–water partition coefficient (Wildman–Crippen LogP) is 5.78. The van der Waals surface area contributed by atoms with E-state index in [4.69, 9.17) is 37.4 Å². The summed E-state index contributed by atoms with van der Waals surface area (Å²) in [6.07, 6.45) is -0.0654. The van der Waals surface area contributed by atoms with Gasteiger partial charge in [-0.2, -0.15) is 5.26 Å². The molecule has 9 N–H and O–H groups in total. The van der Waals surface area contributed by atoms with E-state index in [1.165, 1.54) is 11.9 Å². The molecule has 0 unspecified atom stereocenters. The largest absolute Gasteiger partial charge is 0.492 e. The number of hydrogen-bond donors (Lipinski definition) is 5. The van der Waals surface area contributed by atoms with Gasteiger partial charge in [0.05, 0.1) is 29.1 Å². The monoisotopic (exact) mass is 915 g/mol. The second-order valence-electron chi connectivity index (χ2n) is 18.2. The number of nitrogens with zero attached hydrogens (tertiary/aromatic N) is 3. The molecule has 0 saturated heterocycles. The van der Waals surface area contributed by atoms with E-state index in [1.807, 2.05) is 31.2 Å². The number of benzene rings is 3. The van der Waals surface area contributed by atoms with Crippen LogP contribution in [0.15, 0.2) is 66.7 Å². The quantitative estimate of drug-likeness (QED) is 0.0743. The molecule has 4 aromatic rings. The molecular weight excluding hydrogens is 849 g/mol. The number of Topliss-reactive ketones (excluding diaryl/α,β-unsaturated/α-hetero) is 3. The summed E-state index contributed by atoms with van der Waals surface area (Å²) in [5, 5.41) is 12.1. The van der Waals surface area contributed by atoms with E-state index in [1.54, 1.807) is 43.3 Å². The van der Waals surface area contributed by atoms with Crippen molar-refractivity contribution < 1.29 is 33.4 Å². The maximum atomic E-state index is 14.9. The van der Waals surface area contributed by atoms with Gasteiger partial charge in [-0.05, 0) is 78.2 Å². The number of pyridine rings is 1. The van der Waals surface area contributed by atoms with Gasteiger partial charge in [0.2, 0.25) is 11.8 Å². The zero-order valence-electron chi connectivity index (χ0n) is 39.7. The summed E-state index contributed by atoms with van der Waals surface area (Å²) >= 11 is 0. The first-order valence-corrected chi connectivity index (χ1v) is 23.0. The van der Waals surface area contributed by atoms with Crippen LogP contribution in [-0.2, 0) is 37.4 Å². The van der Waals surface area contributed by atoms with E-state index in [0.717, 1.165) is 11.1 Å². The highest BCUT2D eigenvalue weighted by molar-refractivity contribution is 6.04. The van der Waals surface area contributed by atoms with Gasteiger partial charge in [-0.3, -0.25) is 29.0 Å². The number of carbonyl (C=O) groups excluding carboxylic acids is 5. The number of aryl methyl sites for hydroxylation is 1. The highest BCUT2D eigenvalue weighted by Gasteiger charge is 2.37. The smallest absolute Gasteiger partial charge is 0.226 e. The van der Waals surface area contributed by atoms with Crippen LogP contribution in [-0.4, -0.2) is 85.0 Å². The first-order chi connectivity index (χ1) is 31.9. The van der Waals surface area contributed by atoms with Crippen molar-refractivity contribution in [3.05, 3.63) is 94.7 Å². The molecule has 2 amide bonds. The van der Waals surface area contributed by atoms with E-state index < -0.39 is 41.5 Å². The van der Waals surface area contributed by atoms with E-state index in [-0.39, 0.29) is 99.6 Å². The maximum Gasteiger partial charge on any atom is 0.226 e. The lowest BCUT2D eigenvalue weighted by Gasteiger charge is -2.32. The maximum absolute atomic E-state index is 14.9. The van der Waals surface area contributed by atoms with Gasteiger partial charge in [0.15, 0.2) is 17.3 Å². The Hall–Kier alpha value is -6.47. The highest BCUT2D eigenvalue weighted by atomic mass is 16.5. The fourth-order valence-corrected chi connectivity index (χ4v) is 8.45. The average Bonchev–Trinajstić information content (AvgIpc) is 3.30. The number of amides is 2. The summed E-state index contributed by atoms with van der Waals surface area (Å²) in [6, 6.07) is 20.0. The van der Waals surface area contributed by atoms with Gasteiger partial charge in [0, 0.05) is 80.0 Å². The Bertz CT molecular complexity index is 2480. The minimum atomic E-state index is -1.25. The molecule has 1 aliphatic rings. The third-order valence-electron chi connectivity index (χ3n) is 12.1. The summed E-state index contributed by atoms with van der Waals surface area (Å²) in [7, 11) is 1.50. The Morgan fingerprint density at radius 2 is 1.55 bits per heavy atom. The van der Waals surface area contributed by atoms with Crippen LogP contribution in [0.2, 0.25) is 0 Å². The van der Waals surface area contributed by atoms with E-state index in [2.05, 4.69) is 38.2 Å². The molecule has 4 bridgehead atoms. The minimum Gasteiger partial charge on any atom is -0.492 e. The number of hydrogen-bond acceptors (Lipinski definition) is 13. The van der Waals surface area contributed by atoms with Gasteiger partial charge in [0.25, 0.3) is 0 Å². The fraction of sp³-hybridized carbons (Fsp3) is 0.442. The number of carbonyl (C=O) groups is 5. The molecule has 15 nitrogen and oxygen atoms in total. The lowest BCUT2D eigenvalue weighted by atomic mass is 9.86. The van der Waals surface area contributed by atoms with Crippen LogP contribution >= 0.6 is 0 Å². The van der Waals surface area contributed by atoms with Crippen LogP contribution in [0.5, 0.6) is 11.5 Å². The van der Waals surface area contributed by atoms with Crippen LogP contribution < -0.4 is 37.7 Å². The Balaban J connectivity index is 1.58. The number of ketones is 3. The molecule has 0 radical (unpaired) electrons. The zero-order chi connectivity index (χ0) is 49.0. The third-order valence-corrected chi connectivity index (χ3v) is 12.1. The van der Waals surface area contributed by atoms with Crippen molar-refractivity contribution in [2.75, 3.05) is 45.6 Å². The molecule has 0 spiro atoms. The van der Waals surface area contributed by atoms with E-state index in [0.29, 0.717) is 51.6 Å². The van der Waals surface area contributed by atoms with E-state index >= 15 is 0 Å². The van der Waals surface area contributed by atoms with Crippen LogP contribution in [0.25, 0.3) is 22.4 Å². The van der Waals surface area contributed by atoms with Gasteiger partial charge in [0.1, 0.15) is 30.8 Å². The summed E-state index contributed by atoms with van der Waals surface area (Å²) < 4.78 is 12.3. The first-order valence-electron chi connectivity index (χ1n) is 23.0. The summed E-state index contributed by atoms with van der Waals surface area (Å²) in [4.78, 5) is 77.5. The number of aromatic nitrogens is 1. The van der Waals surface area contributed by atoms with Crippen molar-refractivity contribution in [2.45, 2.75) is 97.1 Å². The Morgan fingerprint density at radius 3 is 2.15 bits per heavy atom. The standard InChI is InChI=1S/C52H66N8O7/c1-7-40-48(39(57)30-41(58-40)33-11-14-36(15-12-33)52(3,4)5)44(62)29-35(18-20-54)51(65)60(6)49-34-13-17-47(67-24-22-56)38(28-34)37-26-32(10-16-46(37)66-23-21-55)27-42(43(61)9-8-19-53)59-50(64)31(2)25-45(49)63/h10-17,26,28,30-31,35,42,49H,7-9,18,20-25,27,29,54-56H2,1-6H3,(H2,57,58)(H,59,64)/t31-,35-,42+,49+/m1/s1. The fourth-order valence-electron chi connectivity index (χ4n) is 8.45. The molecule has 1 aromatic heterocycles. The van der Waals surface area contributed by atoms with Gasteiger partial charge < -0.3 is 42.6 Å². The number of nitrogens with one attached hydrogen (secondary N) is 1. The van der Waals surface area contributed by atoms with Crippen molar-refractivity contribution in [1.82, 2.24) is 15.2 Å². The molecular formula is C52H66N8O7. The Morgan fingerprint density at radius 1 is 0.910 bits per heavy atom. The highest BCUT2D eigenvalue weighted by Crippen LogP contribution is 2.41. The van der Waals surface area contributed by atoms with Crippen LogP contribution in [0, 0.1) is 23.2 Å². The number of rotatable bonds is 18. The van der Waals surface area contributed by atoms with Crippen LogP contribution in [0.4, 0.5) is 5.69 Å². The number of ether oxygens (including phenoxy) is 2. The number of nitrogen functional groups attached to an aromatic ring is 1. The normalized spacial score (nSPS) is 16.8. The summed E-state index contributed by atoms with van der Waals surface area (Å²) in [6.45, 7) is 10.7. The molecule has 2 heterocycles. The molecule has 1 aliphatic heterocycles. The predicted molar refractivity (Wildman–Crippen MR) is 259 cm³/mol. The number of nitriles is 1. The Labute approximate surface area is 393 Å². The number of likely N-dealkylation sites (N-methyl/N-ethyl adjacent to an activating group) is 1. The molecule has 0 saturated carbocycles. The third kappa shape index (κ3) is 12.7. The van der Waals surface area contributed by atoms with Crippen LogP contribution in [0.1, 0.15) is 106 Å². The average molecular weight is 915 g/mol. The molecule has 3 aromatic carbocycles. The van der Waals surface area contributed by atoms with Crippen molar-refractivity contribution in [3.63, 3.8) is 0 Å². The van der Waals surface area contributed by atoms with Crippen molar-refractivity contribution in [2.24, 2.45) is 29.0 Å². The van der Waals surface area contributed by atoms with Gasteiger partial charge >= 0.3 is 0 Å². The molecule has 67 heavy (non-hydrogen) atoms. The number of fused-ring (bicyclic) bond motifs is 5. The number of nitrogens with two attached hydrogens (primary N) is 4. The lowest BCUT2D eigenvalue weighted by molar-refractivity contribution is -0.142. The Kier molecular flexibility index (Phi) is 17.9.